The smallest absolute Gasteiger partial charge is 0.193 e. The minimum Gasteiger partial charge on any atom is -0.550 e. The number of carbonyl (C=O) groups is 2. The molecule has 1 unspecified atom stereocenters. The number of hydrogen-bond acceptors (Lipinski definition) is 5. The van der Waals surface area contributed by atoms with E-state index >= 15 is 0 Å². The lowest BCUT2D eigenvalue weighted by Gasteiger charge is -2.34. The summed E-state index contributed by atoms with van der Waals surface area (Å²) in [6.07, 6.45) is 9.08. The van der Waals surface area contributed by atoms with Crippen molar-refractivity contribution in [3.05, 3.63) is 12.2 Å². The molecule has 0 fully saturated rings. The van der Waals surface area contributed by atoms with Gasteiger partial charge in [0.05, 0.1) is 21.1 Å². The van der Waals surface area contributed by atoms with Crippen LogP contribution in [0.2, 0.25) is 0 Å². The monoisotopic (exact) mass is 343 g/mol. The first-order valence-corrected chi connectivity index (χ1v) is 8.65. The third kappa shape index (κ3) is 11.3. The van der Waals surface area contributed by atoms with E-state index in [1.165, 1.54) is 6.08 Å². The van der Waals surface area contributed by atoms with Crippen molar-refractivity contribution < 1.29 is 29.4 Å². The predicted molar refractivity (Wildman–Crippen MR) is 91.0 cm³/mol. The Kier molecular flexibility index (Phi) is 10.8. The van der Waals surface area contributed by atoms with Gasteiger partial charge in [-0.25, -0.2) is 0 Å². The van der Waals surface area contributed by atoms with Crippen LogP contribution in [0.15, 0.2) is 12.2 Å². The van der Waals surface area contributed by atoms with Gasteiger partial charge in [0.2, 0.25) is 0 Å². The molecule has 140 valence electrons. The fourth-order valence-corrected chi connectivity index (χ4v) is 2.67. The van der Waals surface area contributed by atoms with Crippen molar-refractivity contribution in [3.63, 3.8) is 0 Å². The molecule has 0 aromatic heterocycles. The molecular formula is C18H33NO5. The number of hydrogen-bond donors (Lipinski definition) is 2. The number of carboxylic acids is 1. The SMILES string of the molecule is C[N+](C)(C)CC(O)(CC(=O)[O-])C(=O)C=CCCCCCCCCO. The highest BCUT2D eigenvalue weighted by atomic mass is 16.4. The van der Waals surface area contributed by atoms with Crippen LogP contribution in [0.3, 0.4) is 0 Å². The molecule has 2 N–H and O–H groups in total. The number of rotatable bonds is 14. The van der Waals surface area contributed by atoms with Gasteiger partial charge < -0.3 is 24.6 Å². The second-order valence-electron chi connectivity index (χ2n) is 7.43. The fourth-order valence-electron chi connectivity index (χ4n) is 2.67. The van der Waals surface area contributed by atoms with Crippen molar-refractivity contribution in [2.24, 2.45) is 0 Å². The quantitative estimate of drug-likeness (QED) is 0.270. The van der Waals surface area contributed by atoms with Crippen LogP contribution in [0.5, 0.6) is 0 Å². The van der Waals surface area contributed by atoms with E-state index in [0.717, 1.165) is 44.9 Å². The van der Waals surface area contributed by atoms with Gasteiger partial charge in [-0.05, 0) is 25.3 Å². The summed E-state index contributed by atoms with van der Waals surface area (Å²) < 4.78 is 0.275. The molecule has 0 bridgehead atoms. The van der Waals surface area contributed by atoms with Crippen molar-refractivity contribution in [3.8, 4) is 0 Å². The van der Waals surface area contributed by atoms with Crippen molar-refractivity contribution >= 4 is 11.8 Å². The lowest BCUT2D eigenvalue weighted by Crippen LogP contribution is -2.55. The van der Waals surface area contributed by atoms with Gasteiger partial charge in [0, 0.05) is 19.0 Å². The van der Waals surface area contributed by atoms with E-state index < -0.39 is 23.8 Å². The molecule has 0 aromatic rings. The van der Waals surface area contributed by atoms with Gasteiger partial charge >= 0.3 is 0 Å². The Morgan fingerprint density at radius 1 is 1.04 bits per heavy atom. The average Bonchev–Trinajstić information content (AvgIpc) is 2.42. The van der Waals surface area contributed by atoms with Gasteiger partial charge in [0.25, 0.3) is 0 Å². The highest BCUT2D eigenvalue weighted by Crippen LogP contribution is 2.17. The topological polar surface area (TPSA) is 97.7 Å². The summed E-state index contributed by atoms with van der Waals surface area (Å²) in [7, 11) is 5.36. The summed E-state index contributed by atoms with van der Waals surface area (Å²) in [6, 6.07) is 0. The van der Waals surface area contributed by atoms with Gasteiger partial charge in [-0.2, -0.15) is 0 Å². The zero-order chi connectivity index (χ0) is 18.6. The number of likely N-dealkylation sites (N-methyl/N-ethyl adjacent to an activating group) is 1. The number of ketones is 1. The molecule has 0 heterocycles. The van der Waals surface area contributed by atoms with Gasteiger partial charge in [-0.3, -0.25) is 4.79 Å². The molecule has 24 heavy (non-hydrogen) atoms. The lowest BCUT2D eigenvalue weighted by atomic mass is 9.92. The minimum atomic E-state index is -1.93. The summed E-state index contributed by atoms with van der Waals surface area (Å²) in [5, 5.41) is 30.0. The van der Waals surface area contributed by atoms with Crippen LogP contribution in [-0.2, 0) is 9.59 Å². The van der Waals surface area contributed by atoms with E-state index in [9.17, 15) is 19.8 Å². The van der Waals surface area contributed by atoms with Crippen molar-refractivity contribution in [1.29, 1.82) is 0 Å². The molecule has 0 spiro atoms. The van der Waals surface area contributed by atoms with E-state index in [1.807, 2.05) is 0 Å². The maximum atomic E-state index is 12.2. The van der Waals surface area contributed by atoms with Gasteiger partial charge in [-0.15, -0.1) is 0 Å². The zero-order valence-electron chi connectivity index (χ0n) is 15.3. The maximum absolute atomic E-state index is 12.2. The Labute approximate surface area is 145 Å². The van der Waals surface area contributed by atoms with Gasteiger partial charge in [0.1, 0.15) is 6.54 Å². The number of nitrogens with zero attached hydrogens (tertiary/aromatic N) is 1. The molecule has 0 aliphatic rings. The first-order chi connectivity index (χ1) is 11.1. The van der Waals surface area contributed by atoms with Gasteiger partial charge in [-0.1, -0.05) is 31.8 Å². The standard InChI is InChI=1S/C18H33NO5/c1-19(2,3)15-18(24,14-17(22)23)16(21)12-10-8-6-4-5-7-9-11-13-20/h10,12,20,24H,4-9,11,13-15H2,1-3H3. The molecule has 6 nitrogen and oxygen atoms in total. The van der Waals surface area contributed by atoms with E-state index in [2.05, 4.69) is 0 Å². The molecule has 0 saturated heterocycles. The second kappa shape index (κ2) is 11.3. The lowest BCUT2D eigenvalue weighted by molar-refractivity contribution is -0.875. The largest absolute Gasteiger partial charge is 0.550 e. The van der Waals surface area contributed by atoms with Crippen LogP contribution in [-0.4, -0.2) is 66.3 Å². The molecule has 0 aliphatic heterocycles. The summed E-state index contributed by atoms with van der Waals surface area (Å²) in [5.74, 6) is -2.02. The van der Waals surface area contributed by atoms with Crippen molar-refractivity contribution in [2.75, 3.05) is 34.3 Å². The number of carboxylic acid groups (broad SMARTS) is 1. The number of quaternary nitrogens is 1. The van der Waals surface area contributed by atoms with Crippen LogP contribution >= 0.6 is 0 Å². The number of aliphatic hydroxyl groups is 2. The zero-order valence-corrected chi connectivity index (χ0v) is 15.3. The Balaban J connectivity index is 4.33. The summed E-state index contributed by atoms with van der Waals surface area (Å²) in [5.41, 5.74) is -1.93. The van der Waals surface area contributed by atoms with Crippen molar-refractivity contribution in [2.45, 2.75) is 57.0 Å². The van der Waals surface area contributed by atoms with Crippen molar-refractivity contribution in [1.82, 2.24) is 0 Å². The molecule has 0 saturated carbocycles. The second-order valence-corrected chi connectivity index (χ2v) is 7.43. The molecule has 0 amide bonds. The highest BCUT2D eigenvalue weighted by molar-refractivity contribution is 5.99. The van der Waals surface area contributed by atoms with Crippen LogP contribution in [0, 0.1) is 0 Å². The molecule has 0 aromatic carbocycles. The van der Waals surface area contributed by atoms with Crippen LogP contribution in [0.25, 0.3) is 0 Å². The minimum absolute atomic E-state index is 0.00894. The number of carbonyl (C=O) groups excluding carboxylic acids is 2. The summed E-state index contributed by atoms with van der Waals surface area (Å²) in [4.78, 5) is 23.1. The third-order valence-corrected chi connectivity index (χ3v) is 3.68. The molecule has 0 rings (SSSR count). The predicted octanol–water partition coefficient (Wildman–Crippen LogP) is 0.412. The molecule has 6 heteroatoms. The molecule has 1 atom stereocenters. The van der Waals surface area contributed by atoms with E-state index in [-0.39, 0.29) is 17.6 Å². The number of allylic oxidation sites excluding steroid dienone is 1. The first-order valence-electron chi connectivity index (χ1n) is 8.65. The fraction of sp³-hybridized carbons (Fsp3) is 0.778. The van der Waals surface area contributed by atoms with Crippen LogP contribution in [0.1, 0.15) is 51.4 Å². The van der Waals surface area contributed by atoms with Crippen LogP contribution in [0.4, 0.5) is 0 Å². The van der Waals surface area contributed by atoms with E-state index in [0.29, 0.717) is 0 Å². The Morgan fingerprint density at radius 2 is 1.58 bits per heavy atom. The van der Waals surface area contributed by atoms with E-state index in [1.54, 1.807) is 27.2 Å². The van der Waals surface area contributed by atoms with Crippen LogP contribution < -0.4 is 5.11 Å². The Morgan fingerprint density at radius 3 is 2.08 bits per heavy atom. The molecule has 0 aliphatic carbocycles. The highest BCUT2D eigenvalue weighted by Gasteiger charge is 2.39. The Bertz CT molecular complexity index is 414. The number of aliphatic carboxylic acids is 1. The average molecular weight is 343 g/mol. The van der Waals surface area contributed by atoms with Gasteiger partial charge in [0.15, 0.2) is 11.4 Å². The first kappa shape index (κ1) is 22.8. The molecule has 0 radical (unpaired) electrons. The molecular weight excluding hydrogens is 310 g/mol. The maximum Gasteiger partial charge on any atom is 0.193 e. The van der Waals surface area contributed by atoms with E-state index in [4.69, 9.17) is 5.11 Å². The third-order valence-electron chi connectivity index (χ3n) is 3.68. The normalized spacial score (nSPS) is 14.7. The number of unbranched alkanes of at least 4 members (excludes halogenated alkanes) is 6. The number of aliphatic hydroxyl groups excluding tert-OH is 1. The summed E-state index contributed by atoms with van der Waals surface area (Å²) in [6.45, 7) is 0.252. The summed E-state index contributed by atoms with van der Waals surface area (Å²) >= 11 is 0. The Hall–Kier alpha value is -1.24.